The van der Waals surface area contributed by atoms with E-state index < -0.39 is 0 Å². The molecule has 2 aliphatic heterocycles. The molecule has 2 heterocycles. The molecule has 0 aliphatic carbocycles. The number of aliphatic imine (C=N–C) groups is 1. The monoisotopic (exact) mass is 357 g/mol. The molecular formula is C21H35N5. The summed E-state index contributed by atoms with van der Waals surface area (Å²) in [5.74, 6) is 0.962. The zero-order valence-electron chi connectivity index (χ0n) is 16.3. The number of benzene rings is 1. The number of nitrogens with one attached hydrogen (secondary N) is 2. The van der Waals surface area contributed by atoms with E-state index in [4.69, 9.17) is 0 Å². The molecular weight excluding hydrogens is 322 g/mol. The van der Waals surface area contributed by atoms with Crippen LogP contribution in [0.5, 0.6) is 0 Å². The van der Waals surface area contributed by atoms with Crippen molar-refractivity contribution in [2.45, 2.75) is 44.7 Å². The van der Waals surface area contributed by atoms with E-state index in [1.807, 2.05) is 7.05 Å². The number of hydrogen-bond donors (Lipinski definition) is 2. The minimum Gasteiger partial charge on any atom is -0.355 e. The lowest BCUT2D eigenvalue weighted by Crippen LogP contribution is -2.49. The number of nitrogens with zero attached hydrogens (tertiary/aromatic N) is 3. The Balaban J connectivity index is 1.33. The number of rotatable bonds is 6. The third-order valence-corrected chi connectivity index (χ3v) is 5.57. The molecule has 5 nitrogen and oxygen atoms in total. The first-order valence-electron chi connectivity index (χ1n) is 10.3. The van der Waals surface area contributed by atoms with Crippen LogP contribution in [-0.4, -0.2) is 68.1 Å². The molecule has 2 N–H and O–H groups in total. The van der Waals surface area contributed by atoms with E-state index in [0.717, 1.165) is 38.7 Å². The van der Waals surface area contributed by atoms with Crippen molar-refractivity contribution < 1.29 is 0 Å². The molecule has 5 heteroatoms. The number of hydrogen-bond acceptors (Lipinski definition) is 3. The third-order valence-electron chi connectivity index (χ3n) is 5.57. The Morgan fingerprint density at radius 1 is 1.00 bits per heavy atom. The second-order valence-corrected chi connectivity index (χ2v) is 7.58. The molecule has 0 radical (unpaired) electrons. The van der Waals surface area contributed by atoms with Gasteiger partial charge >= 0.3 is 0 Å². The maximum Gasteiger partial charge on any atom is 0.191 e. The molecule has 2 fully saturated rings. The summed E-state index contributed by atoms with van der Waals surface area (Å²) < 4.78 is 0. The smallest absolute Gasteiger partial charge is 0.191 e. The fourth-order valence-corrected chi connectivity index (χ4v) is 3.98. The van der Waals surface area contributed by atoms with E-state index in [9.17, 15) is 0 Å². The molecule has 0 atom stereocenters. The number of piperidine rings is 2. The van der Waals surface area contributed by atoms with E-state index in [-0.39, 0.29) is 0 Å². The normalized spacial score (nSPS) is 20.9. The molecule has 1 aromatic rings. The van der Waals surface area contributed by atoms with Crippen molar-refractivity contribution in [2.24, 2.45) is 4.99 Å². The molecule has 0 aromatic heterocycles. The molecule has 0 saturated carbocycles. The third kappa shape index (κ3) is 6.29. The summed E-state index contributed by atoms with van der Waals surface area (Å²) in [5.41, 5.74) is 1.41. The van der Waals surface area contributed by atoms with Gasteiger partial charge in [0.1, 0.15) is 0 Å². The molecule has 0 spiro atoms. The molecule has 0 unspecified atom stereocenters. The van der Waals surface area contributed by atoms with Crippen molar-refractivity contribution in [3.63, 3.8) is 0 Å². The number of likely N-dealkylation sites (tertiary alicyclic amines) is 2. The first-order valence-corrected chi connectivity index (χ1v) is 10.3. The van der Waals surface area contributed by atoms with Gasteiger partial charge in [-0.15, -0.1) is 0 Å². The zero-order valence-corrected chi connectivity index (χ0v) is 16.3. The van der Waals surface area contributed by atoms with Crippen LogP contribution >= 0.6 is 0 Å². The van der Waals surface area contributed by atoms with Gasteiger partial charge in [-0.3, -0.25) is 9.89 Å². The van der Waals surface area contributed by atoms with E-state index in [0.29, 0.717) is 6.04 Å². The van der Waals surface area contributed by atoms with Gasteiger partial charge in [0.2, 0.25) is 0 Å². The van der Waals surface area contributed by atoms with Crippen molar-refractivity contribution in [3.05, 3.63) is 35.9 Å². The lowest BCUT2D eigenvalue weighted by atomic mass is 10.0. The fourth-order valence-electron chi connectivity index (χ4n) is 3.98. The van der Waals surface area contributed by atoms with Crippen LogP contribution in [0.15, 0.2) is 35.3 Å². The van der Waals surface area contributed by atoms with Gasteiger partial charge in [-0.1, -0.05) is 36.8 Å². The van der Waals surface area contributed by atoms with Crippen molar-refractivity contribution >= 4 is 5.96 Å². The summed E-state index contributed by atoms with van der Waals surface area (Å²) in [4.78, 5) is 9.53. The van der Waals surface area contributed by atoms with Crippen LogP contribution in [-0.2, 0) is 6.54 Å². The Labute approximate surface area is 158 Å². The summed E-state index contributed by atoms with van der Waals surface area (Å²) in [7, 11) is 1.88. The van der Waals surface area contributed by atoms with E-state index >= 15 is 0 Å². The van der Waals surface area contributed by atoms with Gasteiger partial charge < -0.3 is 15.5 Å². The van der Waals surface area contributed by atoms with E-state index in [1.54, 1.807) is 0 Å². The van der Waals surface area contributed by atoms with Gasteiger partial charge in [0, 0.05) is 45.8 Å². The predicted molar refractivity (Wildman–Crippen MR) is 110 cm³/mol. The van der Waals surface area contributed by atoms with Crippen molar-refractivity contribution in [1.82, 2.24) is 20.4 Å². The molecule has 1 aromatic carbocycles. The van der Waals surface area contributed by atoms with Gasteiger partial charge in [-0.05, 0) is 44.3 Å². The topological polar surface area (TPSA) is 42.9 Å². The summed E-state index contributed by atoms with van der Waals surface area (Å²) in [6, 6.07) is 11.3. The highest BCUT2D eigenvalue weighted by Gasteiger charge is 2.20. The lowest BCUT2D eigenvalue weighted by molar-refractivity contribution is 0.198. The molecule has 26 heavy (non-hydrogen) atoms. The Morgan fingerprint density at radius 3 is 2.42 bits per heavy atom. The average Bonchev–Trinajstić information content (AvgIpc) is 2.70. The highest BCUT2D eigenvalue weighted by Crippen LogP contribution is 2.13. The maximum atomic E-state index is 4.41. The van der Waals surface area contributed by atoms with Gasteiger partial charge in [0.15, 0.2) is 5.96 Å². The summed E-state index contributed by atoms with van der Waals surface area (Å²) in [5, 5.41) is 7.12. The van der Waals surface area contributed by atoms with Crippen molar-refractivity contribution in [3.8, 4) is 0 Å². The fraction of sp³-hybridized carbons (Fsp3) is 0.667. The molecule has 2 aliphatic rings. The van der Waals surface area contributed by atoms with Gasteiger partial charge in [0.25, 0.3) is 0 Å². The van der Waals surface area contributed by atoms with Crippen LogP contribution < -0.4 is 10.6 Å². The number of guanidine groups is 1. The highest BCUT2D eigenvalue weighted by molar-refractivity contribution is 5.79. The minimum atomic E-state index is 0.531. The molecule has 3 rings (SSSR count). The van der Waals surface area contributed by atoms with E-state index in [2.05, 4.69) is 55.8 Å². The van der Waals surface area contributed by atoms with Gasteiger partial charge in [0.05, 0.1) is 0 Å². The highest BCUT2D eigenvalue weighted by atomic mass is 15.2. The Hall–Kier alpha value is -1.59. The Morgan fingerprint density at radius 2 is 1.73 bits per heavy atom. The van der Waals surface area contributed by atoms with Crippen LogP contribution in [0.3, 0.4) is 0 Å². The maximum absolute atomic E-state index is 4.41. The summed E-state index contributed by atoms with van der Waals surface area (Å²) in [6.07, 6.45) is 6.47. The van der Waals surface area contributed by atoms with Crippen LogP contribution in [0.25, 0.3) is 0 Å². The second kappa shape index (κ2) is 10.5. The SMILES string of the molecule is CN=C(NCCN1CCCCC1)NC1CCN(Cc2ccccc2)CC1. The lowest BCUT2D eigenvalue weighted by Gasteiger charge is -2.33. The van der Waals surface area contributed by atoms with E-state index in [1.165, 1.54) is 50.8 Å². The molecule has 2 saturated heterocycles. The van der Waals surface area contributed by atoms with Crippen LogP contribution in [0.1, 0.15) is 37.7 Å². The van der Waals surface area contributed by atoms with Crippen molar-refractivity contribution in [1.29, 1.82) is 0 Å². The van der Waals surface area contributed by atoms with Gasteiger partial charge in [-0.25, -0.2) is 0 Å². The minimum absolute atomic E-state index is 0.531. The van der Waals surface area contributed by atoms with Crippen LogP contribution in [0.2, 0.25) is 0 Å². The van der Waals surface area contributed by atoms with Gasteiger partial charge in [-0.2, -0.15) is 0 Å². The second-order valence-electron chi connectivity index (χ2n) is 7.58. The molecule has 144 valence electrons. The Kier molecular flexibility index (Phi) is 7.77. The summed E-state index contributed by atoms with van der Waals surface area (Å²) in [6.45, 7) is 7.98. The standard InChI is InChI=1S/C21H35N5/c1-22-21(23-12-17-25-13-6-3-7-14-25)24-20-10-15-26(16-11-20)18-19-8-4-2-5-9-19/h2,4-5,8-9,20H,3,6-7,10-18H2,1H3,(H2,22,23,24). The largest absolute Gasteiger partial charge is 0.355 e. The molecule has 0 amide bonds. The quantitative estimate of drug-likeness (QED) is 0.606. The first-order chi connectivity index (χ1) is 12.8. The van der Waals surface area contributed by atoms with Crippen LogP contribution in [0, 0.1) is 0 Å². The first kappa shape index (κ1) is 19.2. The van der Waals surface area contributed by atoms with Crippen molar-refractivity contribution in [2.75, 3.05) is 46.3 Å². The molecule has 0 bridgehead atoms. The summed E-state index contributed by atoms with van der Waals surface area (Å²) >= 11 is 0. The predicted octanol–water partition coefficient (Wildman–Crippen LogP) is 2.30. The Bertz CT molecular complexity index is 531. The zero-order chi connectivity index (χ0) is 18.0. The van der Waals surface area contributed by atoms with Crippen LogP contribution in [0.4, 0.5) is 0 Å². The average molecular weight is 358 g/mol.